The summed E-state index contributed by atoms with van der Waals surface area (Å²) in [7, 11) is 0. The van der Waals surface area contributed by atoms with Gasteiger partial charge in [-0.1, -0.05) is 42.5 Å². The van der Waals surface area contributed by atoms with Crippen molar-refractivity contribution in [1.82, 2.24) is 20.5 Å². The topological polar surface area (TPSA) is 106 Å². The van der Waals surface area contributed by atoms with Crippen LogP contribution in [0.3, 0.4) is 0 Å². The van der Waals surface area contributed by atoms with Crippen molar-refractivity contribution in [1.29, 1.82) is 0 Å². The molecule has 8 heteroatoms. The third-order valence-electron chi connectivity index (χ3n) is 4.84. The first kappa shape index (κ1) is 23.1. The Morgan fingerprint density at radius 2 is 1.91 bits per heavy atom. The molecule has 0 aliphatic heterocycles. The number of H-pyrrole nitrogens is 1. The van der Waals surface area contributed by atoms with Gasteiger partial charge in [0.15, 0.2) is 5.82 Å². The van der Waals surface area contributed by atoms with E-state index in [1.165, 1.54) is 0 Å². The molecule has 0 spiro atoms. The van der Waals surface area contributed by atoms with E-state index >= 15 is 0 Å². The van der Waals surface area contributed by atoms with E-state index in [2.05, 4.69) is 20.5 Å². The lowest BCUT2D eigenvalue weighted by Crippen LogP contribution is -2.28. The normalized spacial score (nSPS) is 11.7. The fourth-order valence-electron chi connectivity index (χ4n) is 3.12. The van der Waals surface area contributed by atoms with Crippen LogP contribution in [-0.2, 0) is 16.0 Å². The zero-order chi connectivity index (χ0) is 22.8. The van der Waals surface area contributed by atoms with Crippen molar-refractivity contribution in [3.8, 4) is 17.1 Å². The molecule has 1 atom stereocenters. The molecule has 168 valence electrons. The number of aromatic nitrogens is 3. The van der Waals surface area contributed by atoms with Crippen LogP contribution in [0, 0.1) is 0 Å². The Hall–Kier alpha value is -3.52. The first-order valence-corrected chi connectivity index (χ1v) is 10.7. The van der Waals surface area contributed by atoms with Crippen molar-refractivity contribution >= 4 is 5.91 Å². The molecule has 2 aromatic carbocycles. The van der Waals surface area contributed by atoms with Crippen molar-refractivity contribution in [3.05, 3.63) is 76.2 Å². The Balaban J connectivity index is 1.57. The number of hydrogen-bond donors (Lipinski definition) is 2. The number of ether oxygens (including phenoxy) is 2. The van der Waals surface area contributed by atoms with E-state index in [-0.39, 0.29) is 36.0 Å². The molecule has 0 saturated heterocycles. The van der Waals surface area contributed by atoms with Gasteiger partial charge < -0.3 is 19.8 Å². The summed E-state index contributed by atoms with van der Waals surface area (Å²) in [6.45, 7) is 5.42. The van der Waals surface area contributed by atoms with Crippen molar-refractivity contribution in [2.75, 3.05) is 19.8 Å². The van der Waals surface area contributed by atoms with Gasteiger partial charge in [-0.05, 0) is 31.5 Å². The van der Waals surface area contributed by atoms with E-state index in [4.69, 9.17) is 9.47 Å². The molecule has 8 nitrogen and oxygen atoms in total. The Labute approximate surface area is 187 Å². The SMILES string of the molecule is CCOCCOc1cccc(-c2nnc(CCC(=O)NC(C)c3ccccc3)c(=O)[nH]2)c1. The van der Waals surface area contributed by atoms with Crippen molar-refractivity contribution < 1.29 is 14.3 Å². The Morgan fingerprint density at radius 1 is 1.09 bits per heavy atom. The lowest BCUT2D eigenvalue weighted by atomic mass is 10.1. The van der Waals surface area contributed by atoms with Gasteiger partial charge in [-0.3, -0.25) is 9.59 Å². The number of carbonyl (C=O) groups is 1. The van der Waals surface area contributed by atoms with Gasteiger partial charge in [0.25, 0.3) is 5.56 Å². The second-order valence-electron chi connectivity index (χ2n) is 7.22. The van der Waals surface area contributed by atoms with Gasteiger partial charge in [0, 0.05) is 25.0 Å². The largest absolute Gasteiger partial charge is 0.491 e. The maximum absolute atomic E-state index is 12.5. The monoisotopic (exact) mass is 436 g/mol. The van der Waals surface area contributed by atoms with Crippen molar-refractivity contribution in [2.45, 2.75) is 32.7 Å². The van der Waals surface area contributed by atoms with Crippen LogP contribution in [0.5, 0.6) is 5.75 Å². The van der Waals surface area contributed by atoms with Crippen LogP contribution in [-0.4, -0.2) is 40.9 Å². The minimum Gasteiger partial charge on any atom is -0.491 e. The molecule has 32 heavy (non-hydrogen) atoms. The molecule has 0 saturated carbocycles. The van der Waals surface area contributed by atoms with Crippen molar-refractivity contribution in [3.63, 3.8) is 0 Å². The first-order chi connectivity index (χ1) is 15.6. The molecule has 0 aliphatic rings. The number of nitrogens with zero attached hydrogens (tertiary/aromatic N) is 2. The highest BCUT2D eigenvalue weighted by atomic mass is 16.5. The molecular formula is C24H28N4O4. The number of rotatable bonds is 11. The van der Waals surface area contributed by atoms with Crippen LogP contribution in [0.4, 0.5) is 0 Å². The number of benzene rings is 2. The van der Waals surface area contributed by atoms with Gasteiger partial charge in [-0.15, -0.1) is 10.2 Å². The third kappa shape index (κ3) is 6.75. The zero-order valence-corrected chi connectivity index (χ0v) is 18.3. The maximum atomic E-state index is 12.5. The molecule has 0 radical (unpaired) electrons. The smallest absolute Gasteiger partial charge is 0.273 e. The van der Waals surface area contributed by atoms with Crippen LogP contribution in [0.1, 0.15) is 37.6 Å². The lowest BCUT2D eigenvalue weighted by Gasteiger charge is -2.14. The first-order valence-electron chi connectivity index (χ1n) is 10.7. The molecule has 0 bridgehead atoms. The standard InChI is InChI=1S/C24H28N4O4/c1-3-31-14-15-32-20-11-7-10-19(16-20)23-26-24(30)21(27-28-23)12-13-22(29)25-17(2)18-8-5-4-6-9-18/h4-11,16-17H,3,12-15H2,1-2H3,(H,25,29)(H,26,28,30). The molecule has 1 unspecified atom stereocenters. The predicted molar refractivity (Wildman–Crippen MR) is 121 cm³/mol. The van der Waals surface area contributed by atoms with Gasteiger partial charge in [-0.25, -0.2) is 0 Å². The van der Waals surface area contributed by atoms with Gasteiger partial charge in [0.1, 0.15) is 18.1 Å². The second-order valence-corrected chi connectivity index (χ2v) is 7.22. The maximum Gasteiger partial charge on any atom is 0.273 e. The summed E-state index contributed by atoms with van der Waals surface area (Å²) >= 11 is 0. The molecule has 2 N–H and O–H groups in total. The average Bonchev–Trinajstić information content (AvgIpc) is 2.82. The average molecular weight is 437 g/mol. The number of carbonyl (C=O) groups excluding carboxylic acids is 1. The van der Waals surface area contributed by atoms with Gasteiger partial charge in [-0.2, -0.15) is 0 Å². The van der Waals surface area contributed by atoms with E-state index in [9.17, 15) is 9.59 Å². The van der Waals surface area contributed by atoms with Crippen LogP contribution >= 0.6 is 0 Å². The van der Waals surface area contributed by atoms with Gasteiger partial charge in [0.2, 0.25) is 5.91 Å². The molecule has 1 heterocycles. The summed E-state index contributed by atoms with van der Waals surface area (Å²) in [6.07, 6.45) is 0.355. The number of nitrogens with one attached hydrogen (secondary N) is 2. The minimum absolute atomic E-state index is 0.113. The quantitative estimate of drug-likeness (QED) is 0.448. The Kier molecular flexibility index (Phi) is 8.51. The third-order valence-corrected chi connectivity index (χ3v) is 4.84. The van der Waals surface area contributed by atoms with E-state index in [1.807, 2.05) is 62.4 Å². The minimum atomic E-state index is -0.360. The van der Waals surface area contributed by atoms with Gasteiger partial charge >= 0.3 is 0 Å². The summed E-state index contributed by atoms with van der Waals surface area (Å²) in [5.74, 6) is 0.845. The van der Waals surface area contributed by atoms with Gasteiger partial charge in [0.05, 0.1) is 12.6 Å². The summed E-state index contributed by atoms with van der Waals surface area (Å²) in [6, 6.07) is 16.8. The van der Waals surface area contributed by atoms with E-state index in [1.54, 1.807) is 6.07 Å². The number of aryl methyl sites for hydroxylation is 1. The summed E-state index contributed by atoms with van der Waals surface area (Å²) in [5.41, 5.74) is 1.57. The number of aromatic amines is 1. The van der Waals surface area contributed by atoms with Crippen LogP contribution < -0.4 is 15.6 Å². The van der Waals surface area contributed by atoms with Crippen LogP contribution in [0.15, 0.2) is 59.4 Å². The zero-order valence-electron chi connectivity index (χ0n) is 18.3. The molecule has 0 fully saturated rings. The molecule has 1 amide bonds. The highest BCUT2D eigenvalue weighted by Gasteiger charge is 2.12. The second kappa shape index (κ2) is 11.8. The van der Waals surface area contributed by atoms with Crippen LogP contribution in [0.25, 0.3) is 11.4 Å². The molecular weight excluding hydrogens is 408 g/mol. The highest BCUT2D eigenvalue weighted by molar-refractivity contribution is 5.76. The number of amides is 1. The Morgan fingerprint density at radius 3 is 2.66 bits per heavy atom. The summed E-state index contributed by atoms with van der Waals surface area (Å²) < 4.78 is 10.9. The number of hydrogen-bond acceptors (Lipinski definition) is 6. The van der Waals surface area contributed by atoms with E-state index < -0.39 is 0 Å². The van der Waals surface area contributed by atoms with E-state index in [0.29, 0.717) is 37.0 Å². The van der Waals surface area contributed by atoms with Crippen LogP contribution in [0.2, 0.25) is 0 Å². The molecule has 0 aliphatic carbocycles. The summed E-state index contributed by atoms with van der Waals surface area (Å²) in [5, 5.41) is 11.1. The summed E-state index contributed by atoms with van der Waals surface area (Å²) in [4.78, 5) is 27.5. The van der Waals surface area contributed by atoms with E-state index in [0.717, 1.165) is 5.56 Å². The molecule has 3 aromatic rings. The Bertz CT molecular complexity index is 1070. The van der Waals surface area contributed by atoms with Crippen molar-refractivity contribution in [2.24, 2.45) is 0 Å². The molecule has 3 rings (SSSR count). The predicted octanol–water partition coefficient (Wildman–Crippen LogP) is 3.06. The fraction of sp³-hybridized carbons (Fsp3) is 0.333. The fourth-order valence-corrected chi connectivity index (χ4v) is 3.12. The molecule has 1 aromatic heterocycles. The highest BCUT2D eigenvalue weighted by Crippen LogP contribution is 2.20. The lowest BCUT2D eigenvalue weighted by molar-refractivity contribution is -0.121.